The van der Waals surface area contributed by atoms with Gasteiger partial charge >= 0.3 is 0 Å². The van der Waals surface area contributed by atoms with Crippen LogP contribution in [-0.2, 0) is 4.74 Å². The van der Waals surface area contributed by atoms with Crippen molar-refractivity contribution in [3.05, 3.63) is 48.8 Å². The molecule has 1 aliphatic heterocycles. The van der Waals surface area contributed by atoms with Gasteiger partial charge in [-0.1, -0.05) is 18.7 Å². The largest absolute Gasteiger partial charge is 0.405 e. The molecule has 25 heavy (non-hydrogen) atoms. The molecule has 0 spiro atoms. The Kier molecular flexibility index (Phi) is 5.40. The zero-order valence-corrected chi connectivity index (χ0v) is 14.1. The van der Waals surface area contributed by atoms with Gasteiger partial charge < -0.3 is 20.7 Å². The number of ether oxygens (including phenoxy) is 1. The fourth-order valence-corrected chi connectivity index (χ4v) is 2.62. The summed E-state index contributed by atoms with van der Waals surface area (Å²) in [6.07, 6.45) is 8.55. The summed E-state index contributed by atoms with van der Waals surface area (Å²) in [7, 11) is 6.02. The predicted molar refractivity (Wildman–Crippen MR) is 102 cm³/mol. The van der Waals surface area contributed by atoms with E-state index in [1.54, 1.807) is 22.9 Å². The van der Waals surface area contributed by atoms with Crippen molar-refractivity contribution in [1.82, 2.24) is 14.6 Å². The van der Waals surface area contributed by atoms with Crippen molar-refractivity contribution in [2.75, 3.05) is 43.1 Å². The molecule has 3 rings (SSSR count). The highest BCUT2D eigenvalue weighted by atomic mass is 16.5. The second-order valence-electron chi connectivity index (χ2n) is 5.62. The van der Waals surface area contributed by atoms with Gasteiger partial charge in [-0.15, -0.1) is 0 Å². The molecule has 1 fully saturated rings. The maximum absolute atomic E-state index is 6.02. The molecule has 0 amide bonds. The number of hydrogen-bond donors (Lipinski definition) is 2. The number of hydrogen-bond acceptors (Lipinski definition) is 6. The number of aromatic nitrogens is 3. The molecule has 2 radical (unpaired) electrons. The fourth-order valence-electron chi connectivity index (χ4n) is 2.62. The van der Waals surface area contributed by atoms with E-state index < -0.39 is 0 Å². The molecule has 2 aromatic heterocycles. The van der Waals surface area contributed by atoms with Crippen LogP contribution in [-0.4, -0.2) is 55.3 Å². The lowest BCUT2D eigenvalue weighted by Gasteiger charge is -2.28. The van der Waals surface area contributed by atoms with E-state index in [0.29, 0.717) is 30.9 Å². The maximum Gasteiger partial charge on any atom is 0.152 e. The van der Waals surface area contributed by atoms with Gasteiger partial charge in [-0.25, -0.2) is 4.98 Å². The highest BCUT2D eigenvalue weighted by molar-refractivity contribution is 6.36. The number of nitrogens with zero attached hydrogens (tertiary/aromatic N) is 4. The second kappa shape index (κ2) is 7.89. The summed E-state index contributed by atoms with van der Waals surface area (Å²) in [5.74, 6) is 1.67. The van der Waals surface area contributed by atoms with Crippen LogP contribution in [0.3, 0.4) is 0 Å². The van der Waals surface area contributed by atoms with Gasteiger partial charge in [-0.05, 0) is 23.3 Å². The molecule has 3 heterocycles. The molecule has 3 N–H and O–H groups in total. The van der Waals surface area contributed by atoms with E-state index in [0.717, 1.165) is 30.3 Å². The average Bonchev–Trinajstić information content (AvgIpc) is 3.03. The minimum absolute atomic E-state index is 0.545. The second-order valence-corrected chi connectivity index (χ2v) is 5.62. The lowest BCUT2D eigenvalue weighted by molar-refractivity contribution is 0.122. The Bertz CT molecular complexity index is 807. The van der Waals surface area contributed by atoms with Gasteiger partial charge in [0.1, 0.15) is 19.5 Å². The summed E-state index contributed by atoms with van der Waals surface area (Å²) in [6, 6.07) is 1.98. The third kappa shape index (κ3) is 3.85. The van der Waals surface area contributed by atoms with Crippen LogP contribution in [0.2, 0.25) is 0 Å². The van der Waals surface area contributed by atoms with Crippen LogP contribution in [0.4, 0.5) is 11.6 Å². The molecular weight excluding hydrogens is 315 g/mol. The van der Waals surface area contributed by atoms with E-state index in [1.807, 2.05) is 12.1 Å². The van der Waals surface area contributed by atoms with Crippen LogP contribution in [0, 0.1) is 0 Å². The molecule has 8 heteroatoms. The Morgan fingerprint density at radius 2 is 2.24 bits per heavy atom. The standard InChI is InChI=1S/C17H21BN6O/c1-2-13(4-3-5-19)11-20-15-10-16(23-6-8-25-9-7-23)22-17-14(18)12-21-24(15)17/h2-5,10,12,20H,1,6-9,11,19H2/b5-3-,13-4+. The Morgan fingerprint density at radius 1 is 1.44 bits per heavy atom. The first-order valence-corrected chi connectivity index (χ1v) is 8.13. The van der Waals surface area contributed by atoms with Gasteiger partial charge in [0.05, 0.1) is 13.2 Å². The van der Waals surface area contributed by atoms with Crippen LogP contribution in [0.15, 0.2) is 48.8 Å². The van der Waals surface area contributed by atoms with Crippen molar-refractivity contribution in [1.29, 1.82) is 0 Å². The first kappa shape index (κ1) is 17.1. The topological polar surface area (TPSA) is 80.7 Å². The van der Waals surface area contributed by atoms with Crippen molar-refractivity contribution < 1.29 is 4.74 Å². The molecule has 1 aliphatic rings. The van der Waals surface area contributed by atoms with Crippen molar-refractivity contribution in [2.45, 2.75) is 0 Å². The highest BCUT2D eigenvalue weighted by Gasteiger charge is 2.16. The smallest absolute Gasteiger partial charge is 0.152 e. The van der Waals surface area contributed by atoms with Crippen molar-refractivity contribution >= 4 is 30.6 Å². The zero-order valence-electron chi connectivity index (χ0n) is 14.1. The molecule has 0 unspecified atom stereocenters. The van der Waals surface area contributed by atoms with Gasteiger partial charge in [0.25, 0.3) is 0 Å². The Morgan fingerprint density at radius 3 is 2.96 bits per heavy atom. The average molecular weight is 336 g/mol. The summed E-state index contributed by atoms with van der Waals surface area (Å²) in [5.41, 5.74) is 7.57. The number of anilines is 2. The summed E-state index contributed by atoms with van der Waals surface area (Å²) in [6.45, 7) is 7.39. The number of nitrogens with two attached hydrogens (primary N) is 1. The van der Waals surface area contributed by atoms with E-state index >= 15 is 0 Å². The number of allylic oxidation sites excluding steroid dienone is 2. The third-order valence-electron chi connectivity index (χ3n) is 3.98. The molecule has 0 atom stereocenters. The van der Waals surface area contributed by atoms with Crippen molar-refractivity contribution in [3.8, 4) is 0 Å². The monoisotopic (exact) mass is 336 g/mol. The van der Waals surface area contributed by atoms with Gasteiger partial charge in [0.2, 0.25) is 0 Å². The molecule has 128 valence electrons. The number of morpholine rings is 1. The summed E-state index contributed by atoms with van der Waals surface area (Å²) < 4.78 is 7.12. The van der Waals surface area contributed by atoms with Crippen LogP contribution >= 0.6 is 0 Å². The zero-order chi connectivity index (χ0) is 17.6. The number of rotatable bonds is 6. The van der Waals surface area contributed by atoms with Crippen molar-refractivity contribution in [3.63, 3.8) is 0 Å². The van der Waals surface area contributed by atoms with Gasteiger partial charge in [-0.2, -0.15) is 9.61 Å². The number of nitrogens with one attached hydrogen (secondary N) is 1. The fraction of sp³-hybridized carbons (Fsp3) is 0.294. The minimum atomic E-state index is 0.545. The minimum Gasteiger partial charge on any atom is -0.405 e. The first-order valence-electron chi connectivity index (χ1n) is 8.13. The van der Waals surface area contributed by atoms with Crippen LogP contribution in [0.1, 0.15) is 0 Å². The van der Waals surface area contributed by atoms with E-state index in [9.17, 15) is 0 Å². The van der Waals surface area contributed by atoms with Crippen LogP contribution in [0.5, 0.6) is 0 Å². The summed E-state index contributed by atoms with van der Waals surface area (Å²) >= 11 is 0. The maximum atomic E-state index is 6.02. The van der Waals surface area contributed by atoms with Crippen LogP contribution < -0.4 is 21.4 Å². The lowest BCUT2D eigenvalue weighted by atomic mass is 10.0. The molecular formula is C17H21BN6O. The van der Waals surface area contributed by atoms with Crippen molar-refractivity contribution in [2.24, 2.45) is 5.73 Å². The quantitative estimate of drug-likeness (QED) is 0.586. The molecule has 0 bridgehead atoms. The van der Waals surface area contributed by atoms with E-state index in [-0.39, 0.29) is 0 Å². The Balaban J connectivity index is 1.91. The highest BCUT2D eigenvalue weighted by Crippen LogP contribution is 2.20. The van der Waals surface area contributed by atoms with E-state index in [1.165, 1.54) is 6.20 Å². The number of fused-ring (bicyclic) bond motifs is 1. The van der Waals surface area contributed by atoms with Crippen LogP contribution in [0.25, 0.3) is 5.65 Å². The molecule has 0 aliphatic carbocycles. The van der Waals surface area contributed by atoms with Gasteiger partial charge in [-0.3, -0.25) is 0 Å². The molecule has 0 saturated carbocycles. The normalized spacial score (nSPS) is 15.8. The summed E-state index contributed by atoms with van der Waals surface area (Å²) in [5, 5.41) is 7.69. The van der Waals surface area contributed by atoms with Gasteiger partial charge in [0.15, 0.2) is 5.65 Å². The predicted octanol–water partition coefficient (Wildman–Crippen LogP) is 0.356. The Labute approximate surface area is 148 Å². The third-order valence-corrected chi connectivity index (χ3v) is 3.98. The molecule has 1 saturated heterocycles. The Hall–Kier alpha value is -2.74. The SMILES string of the molecule is [B]c1cnn2c(NC/C(C=C)=C/C=C\N)cc(N3CCOCC3)nc12. The molecule has 2 aromatic rings. The molecule has 7 nitrogen and oxygen atoms in total. The first-order chi connectivity index (χ1) is 12.2. The molecule has 0 aromatic carbocycles. The lowest BCUT2D eigenvalue weighted by Crippen LogP contribution is -2.37. The summed E-state index contributed by atoms with van der Waals surface area (Å²) in [4.78, 5) is 6.84. The van der Waals surface area contributed by atoms with E-state index in [2.05, 4.69) is 26.9 Å². The van der Waals surface area contributed by atoms with E-state index in [4.69, 9.17) is 18.3 Å². The van der Waals surface area contributed by atoms with Gasteiger partial charge in [0, 0.05) is 31.9 Å².